The van der Waals surface area contributed by atoms with Crippen molar-refractivity contribution in [2.24, 2.45) is 11.7 Å². The lowest BCUT2D eigenvalue weighted by Gasteiger charge is -2.31. The Balaban J connectivity index is 3.06. The zero-order chi connectivity index (χ0) is 16.2. The van der Waals surface area contributed by atoms with Crippen molar-refractivity contribution in [3.05, 3.63) is 38.9 Å². The summed E-state index contributed by atoms with van der Waals surface area (Å²) in [6, 6.07) is 3.96. The molecule has 0 bridgehead atoms. The quantitative estimate of drug-likeness (QED) is 0.623. The van der Waals surface area contributed by atoms with Gasteiger partial charge in [0.25, 0.3) is 11.6 Å². The van der Waals surface area contributed by atoms with Crippen molar-refractivity contribution < 1.29 is 9.72 Å². The van der Waals surface area contributed by atoms with Crippen LogP contribution in [0.15, 0.2) is 18.2 Å². The van der Waals surface area contributed by atoms with Crippen molar-refractivity contribution in [1.29, 1.82) is 0 Å². The van der Waals surface area contributed by atoms with Gasteiger partial charge in [-0.15, -0.1) is 0 Å². The van der Waals surface area contributed by atoms with Gasteiger partial charge in [-0.2, -0.15) is 0 Å². The molecular formula is C14H20ClN3O3. The van der Waals surface area contributed by atoms with E-state index in [4.69, 9.17) is 17.3 Å². The molecule has 21 heavy (non-hydrogen) atoms. The molecule has 116 valence electrons. The lowest BCUT2D eigenvalue weighted by molar-refractivity contribution is -0.385. The van der Waals surface area contributed by atoms with E-state index in [9.17, 15) is 14.9 Å². The Hall–Kier alpha value is -1.66. The highest BCUT2D eigenvalue weighted by molar-refractivity contribution is 6.31. The van der Waals surface area contributed by atoms with E-state index in [0.717, 1.165) is 0 Å². The predicted octanol–water partition coefficient (Wildman–Crippen LogP) is 2.74. The molecule has 1 unspecified atom stereocenters. The van der Waals surface area contributed by atoms with Gasteiger partial charge in [-0.05, 0) is 31.4 Å². The van der Waals surface area contributed by atoms with E-state index < -0.39 is 16.4 Å². The number of carbonyl (C=O) groups excluding carboxylic acids is 1. The second-order valence-corrected chi connectivity index (χ2v) is 6.17. The van der Waals surface area contributed by atoms with Crippen LogP contribution in [-0.2, 0) is 0 Å². The number of hydrogen-bond donors (Lipinski definition) is 2. The highest BCUT2D eigenvalue weighted by Gasteiger charge is 2.29. The minimum Gasteiger partial charge on any atom is -0.345 e. The minimum atomic E-state index is -0.622. The molecule has 0 aliphatic rings. The zero-order valence-corrected chi connectivity index (χ0v) is 13.1. The van der Waals surface area contributed by atoms with Crippen molar-refractivity contribution in [2.75, 3.05) is 6.54 Å². The molecule has 1 rings (SSSR count). The number of nitrogens with zero attached hydrogens (tertiary/aromatic N) is 1. The molecule has 1 amide bonds. The first-order valence-electron chi connectivity index (χ1n) is 6.65. The average molecular weight is 314 g/mol. The molecule has 0 aliphatic heterocycles. The molecule has 1 aromatic carbocycles. The minimum absolute atomic E-state index is 0.0205. The molecule has 0 saturated heterocycles. The average Bonchev–Trinajstić information content (AvgIpc) is 2.37. The Kier molecular flexibility index (Phi) is 5.69. The van der Waals surface area contributed by atoms with Gasteiger partial charge in [0.05, 0.1) is 4.92 Å². The lowest BCUT2D eigenvalue weighted by Crippen LogP contribution is -2.52. The van der Waals surface area contributed by atoms with Crippen LogP contribution in [0.3, 0.4) is 0 Å². The van der Waals surface area contributed by atoms with Gasteiger partial charge in [-0.1, -0.05) is 25.4 Å². The normalized spacial score (nSPS) is 13.8. The van der Waals surface area contributed by atoms with Crippen LogP contribution < -0.4 is 11.1 Å². The Morgan fingerprint density at radius 1 is 1.52 bits per heavy atom. The van der Waals surface area contributed by atoms with Gasteiger partial charge in [-0.3, -0.25) is 14.9 Å². The molecule has 0 aromatic heterocycles. The van der Waals surface area contributed by atoms with E-state index in [1.54, 1.807) is 0 Å². The van der Waals surface area contributed by atoms with Crippen LogP contribution in [-0.4, -0.2) is 22.9 Å². The van der Waals surface area contributed by atoms with Crippen molar-refractivity contribution >= 4 is 23.2 Å². The zero-order valence-electron chi connectivity index (χ0n) is 12.4. The van der Waals surface area contributed by atoms with Crippen LogP contribution in [0.5, 0.6) is 0 Å². The molecule has 0 fully saturated rings. The van der Waals surface area contributed by atoms with E-state index in [0.29, 0.717) is 12.3 Å². The number of hydrogen-bond acceptors (Lipinski definition) is 4. The summed E-state index contributed by atoms with van der Waals surface area (Å²) in [4.78, 5) is 22.7. The molecule has 0 aliphatic carbocycles. The van der Waals surface area contributed by atoms with Crippen LogP contribution in [0, 0.1) is 16.0 Å². The van der Waals surface area contributed by atoms with Crippen LogP contribution in [0.2, 0.25) is 5.02 Å². The van der Waals surface area contributed by atoms with E-state index in [1.165, 1.54) is 18.2 Å². The van der Waals surface area contributed by atoms with Crippen LogP contribution in [0.1, 0.15) is 37.6 Å². The lowest BCUT2D eigenvalue weighted by atomic mass is 9.90. The monoisotopic (exact) mass is 313 g/mol. The number of carbonyl (C=O) groups is 1. The second kappa shape index (κ2) is 6.87. The van der Waals surface area contributed by atoms with Crippen molar-refractivity contribution in [2.45, 2.75) is 32.7 Å². The third kappa shape index (κ3) is 4.68. The van der Waals surface area contributed by atoms with Gasteiger partial charge in [0.2, 0.25) is 0 Å². The summed E-state index contributed by atoms with van der Waals surface area (Å²) in [5.74, 6) is -0.189. The molecule has 0 radical (unpaired) electrons. The van der Waals surface area contributed by atoms with Crippen LogP contribution in [0.4, 0.5) is 5.69 Å². The van der Waals surface area contributed by atoms with E-state index in [1.807, 2.05) is 20.8 Å². The summed E-state index contributed by atoms with van der Waals surface area (Å²) in [7, 11) is 0. The van der Waals surface area contributed by atoms with E-state index in [2.05, 4.69) is 5.32 Å². The van der Waals surface area contributed by atoms with Crippen molar-refractivity contribution in [3.63, 3.8) is 0 Å². The number of nitro groups is 1. The van der Waals surface area contributed by atoms with Crippen LogP contribution >= 0.6 is 11.6 Å². The number of nitrogens with two attached hydrogens (primary N) is 1. The number of amides is 1. The van der Waals surface area contributed by atoms with Gasteiger partial charge in [0, 0.05) is 23.2 Å². The number of nitro benzene ring substituents is 1. The fourth-order valence-electron chi connectivity index (χ4n) is 2.28. The molecular weight excluding hydrogens is 294 g/mol. The molecule has 3 N–H and O–H groups in total. The summed E-state index contributed by atoms with van der Waals surface area (Å²) in [6.07, 6.45) is 0.677. The molecule has 0 spiro atoms. The van der Waals surface area contributed by atoms with Gasteiger partial charge in [0.1, 0.15) is 5.56 Å². The summed E-state index contributed by atoms with van der Waals surface area (Å²) in [6.45, 7) is 6.11. The summed E-state index contributed by atoms with van der Waals surface area (Å²) in [5, 5.41) is 14.0. The van der Waals surface area contributed by atoms with Gasteiger partial charge >= 0.3 is 0 Å². The third-order valence-electron chi connectivity index (χ3n) is 3.13. The third-order valence-corrected chi connectivity index (χ3v) is 3.36. The molecule has 1 atom stereocenters. The van der Waals surface area contributed by atoms with Crippen molar-refractivity contribution in [3.8, 4) is 0 Å². The van der Waals surface area contributed by atoms with Gasteiger partial charge < -0.3 is 11.1 Å². The Morgan fingerprint density at radius 3 is 2.62 bits per heavy atom. The molecule has 7 heteroatoms. The number of halogens is 1. The Labute approximate surface area is 128 Å². The maximum absolute atomic E-state index is 12.3. The first-order valence-corrected chi connectivity index (χ1v) is 7.03. The highest BCUT2D eigenvalue weighted by atomic mass is 35.5. The SMILES string of the molecule is CC(C)CC(C)(CN)NC(=O)c1ccc(Cl)cc1[N+](=O)[O-]. The molecule has 1 aromatic rings. The largest absolute Gasteiger partial charge is 0.345 e. The van der Waals surface area contributed by atoms with Crippen LogP contribution in [0.25, 0.3) is 0 Å². The Morgan fingerprint density at radius 2 is 2.14 bits per heavy atom. The van der Waals surface area contributed by atoms with E-state index >= 15 is 0 Å². The highest BCUT2D eigenvalue weighted by Crippen LogP contribution is 2.24. The second-order valence-electron chi connectivity index (χ2n) is 5.74. The first-order chi connectivity index (χ1) is 9.68. The fraction of sp³-hybridized carbons (Fsp3) is 0.500. The number of nitrogens with one attached hydrogen (secondary N) is 1. The summed E-state index contributed by atoms with van der Waals surface area (Å²) < 4.78 is 0. The van der Waals surface area contributed by atoms with Gasteiger partial charge in [-0.25, -0.2) is 0 Å². The number of benzene rings is 1. The predicted molar refractivity (Wildman–Crippen MR) is 82.5 cm³/mol. The smallest absolute Gasteiger partial charge is 0.283 e. The maximum Gasteiger partial charge on any atom is 0.283 e. The topological polar surface area (TPSA) is 98.3 Å². The van der Waals surface area contributed by atoms with E-state index in [-0.39, 0.29) is 22.8 Å². The Bertz CT molecular complexity index is 548. The summed E-state index contributed by atoms with van der Waals surface area (Å²) >= 11 is 5.74. The van der Waals surface area contributed by atoms with Gasteiger partial charge in [0.15, 0.2) is 0 Å². The fourth-order valence-corrected chi connectivity index (χ4v) is 2.44. The maximum atomic E-state index is 12.3. The summed E-state index contributed by atoms with van der Waals surface area (Å²) in [5.41, 5.74) is 4.79. The molecule has 0 saturated carbocycles. The van der Waals surface area contributed by atoms with Crippen molar-refractivity contribution in [1.82, 2.24) is 5.32 Å². The number of rotatable bonds is 6. The molecule has 6 nitrogen and oxygen atoms in total. The standard InChI is InChI=1S/C14H20ClN3O3/c1-9(2)7-14(3,8-16)17-13(19)11-5-4-10(15)6-12(11)18(20)21/h4-6,9H,7-8,16H2,1-3H3,(H,17,19). The first kappa shape index (κ1) is 17.4. The molecule has 0 heterocycles.